The van der Waals surface area contributed by atoms with Crippen molar-refractivity contribution in [3.8, 4) is 0 Å². The van der Waals surface area contributed by atoms with Gasteiger partial charge in [-0.05, 0) is 90.5 Å². The van der Waals surface area contributed by atoms with Crippen LogP contribution in [-0.2, 0) is 19.8 Å². The van der Waals surface area contributed by atoms with E-state index in [9.17, 15) is 18.0 Å². The van der Waals surface area contributed by atoms with Crippen molar-refractivity contribution in [3.63, 3.8) is 0 Å². The first-order chi connectivity index (χ1) is 15.6. The number of halogens is 1. The Kier molecular flexibility index (Phi) is 5.92. The van der Waals surface area contributed by atoms with Crippen molar-refractivity contribution in [1.82, 2.24) is 9.62 Å². The Morgan fingerprint density at radius 3 is 2.45 bits per heavy atom. The number of benzene rings is 1. The van der Waals surface area contributed by atoms with Crippen LogP contribution in [0.25, 0.3) is 0 Å². The first kappa shape index (κ1) is 23.3. The maximum atomic E-state index is 13.4. The fraction of sp³-hybridized carbons (Fsp3) is 0.652. The second-order valence-electron chi connectivity index (χ2n) is 10.6. The second-order valence-corrected chi connectivity index (χ2v) is 13.6. The van der Waals surface area contributed by atoms with Gasteiger partial charge in [0.2, 0.25) is 11.8 Å². The Bertz CT molecular complexity index is 1060. The molecule has 6 rings (SSSR count). The highest BCUT2D eigenvalue weighted by atomic mass is 127. The first-order valence-corrected chi connectivity index (χ1v) is 14.2. The third-order valence-corrected chi connectivity index (χ3v) is 10.9. The third-order valence-electron chi connectivity index (χ3n) is 8.16. The van der Waals surface area contributed by atoms with E-state index in [1.54, 1.807) is 6.07 Å². The smallest absolute Gasteiger partial charge is 0.304 e. The van der Waals surface area contributed by atoms with Crippen molar-refractivity contribution in [1.29, 1.82) is 0 Å². The van der Waals surface area contributed by atoms with Gasteiger partial charge in [0, 0.05) is 28.1 Å². The molecule has 5 fully saturated rings. The van der Waals surface area contributed by atoms with E-state index in [-0.39, 0.29) is 42.2 Å². The number of para-hydroxylation sites is 1. The van der Waals surface area contributed by atoms with Gasteiger partial charge in [-0.2, -0.15) is 12.7 Å². The minimum absolute atomic E-state index is 0.00221. The highest BCUT2D eigenvalue weighted by Gasteiger charge is 2.58. The summed E-state index contributed by atoms with van der Waals surface area (Å²) >= 11 is 2.14. The zero-order chi connectivity index (χ0) is 23.5. The molecular weight excluding hydrogens is 555 g/mol. The average molecular weight is 586 g/mol. The molecular formula is C23H31IN4O4S. The molecule has 0 aromatic heterocycles. The third kappa shape index (κ3) is 4.05. The minimum Gasteiger partial charge on any atom is -0.369 e. The number of nitrogens with zero attached hydrogens (tertiary/aromatic N) is 2. The summed E-state index contributed by atoms with van der Waals surface area (Å²) in [7, 11) is -3.81. The summed E-state index contributed by atoms with van der Waals surface area (Å²) in [6.45, 7) is 2.53. The van der Waals surface area contributed by atoms with E-state index in [0.29, 0.717) is 24.7 Å². The van der Waals surface area contributed by atoms with E-state index in [1.165, 1.54) is 8.61 Å². The standard InChI is InChI=1S/C23H31IN4O4S/c1-14-11-27(33(31,32)28(12-14)19-5-3-2-4-18(19)24)13-20(29)26-21-16-6-15-7-17(21)10-23(8-15,9-16)22(25)30/h2-5,14-17,21H,6-13H2,1H3,(H2,25,30)(H,26,29). The Labute approximate surface area is 209 Å². The minimum atomic E-state index is -3.81. The van der Waals surface area contributed by atoms with Gasteiger partial charge in [-0.1, -0.05) is 19.1 Å². The van der Waals surface area contributed by atoms with Crippen molar-refractivity contribution < 1.29 is 18.0 Å². The molecule has 33 heavy (non-hydrogen) atoms. The Morgan fingerprint density at radius 2 is 1.82 bits per heavy atom. The fourth-order valence-electron chi connectivity index (χ4n) is 6.99. The zero-order valence-electron chi connectivity index (χ0n) is 18.7. The van der Waals surface area contributed by atoms with Crippen LogP contribution >= 0.6 is 22.6 Å². The summed E-state index contributed by atoms with van der Waals surface area (Å²) in [5, 5.41) is 3.17. The summed E-state index contributed by atoms with van der Waals surface area (Å²) in [6.07, 6.45) is 4.37. The lowest BCUT2D eigenvalue weighted by atomic mass is 9.47. The molecule has 4 aliphatic carbocycles. The number of hydrogen-bond donors (Lipinski definition) is 2. The monoisotopic (exact) mass is 586 g/mol. The lowest BCUT2D eigenvalue weighted by Crippen LogP contribution is -2.63. The SMILES string of the molecule is CC1CN(CC(=O)NC2C3CC4CC2CC(C(N)=O)(C4)C3)S(=O)(=O)N(c2ccccc2I)C1. The predicted molar refractivity (Wildman–Crippen MR) is 133 cm³/mol. The molecule has 10 heteroatoms. The summed E-state index contributed by atoms with van der Waals surface area (Å²) in [5.74, 6) is 0.623. The van der Waals surface area contributed by atoms with E-state index in [0.717, 1.165) is 35.7 Å². The molecule has 5 aliphatic rings. The first-order valence-electron chi connectivity index (χ1n) is 11.7. The van der Waals surface area contributed by atoms with Crippen LogP contribution < -0.4 is 15.4 Å². The number of rotatable bonds is 5. The van der Waals surface area contributed by atoms with Gasteiger partial charge in [0.15, 0.2) is 0 Å². The normalized spacial score (nSPS) is 37.2. The summed E-state index contributed by atoms with van der Waals surface area (Å²) < 4.78 is 30.4. The summed E-state index contributed by atoms with van der Waals surface area (Å²) in [6, 6.07) is 7.39. The number of anilines is 1. The van der Waals surface area contributed by atoms with Gasteiger partial charge in [-0.15, -0.1) is 0 Å². The Morgan fingerprint density at radius 1 is 1.15 bits per heavy atom. The van der Waals surface area contributed by atoms with E-state index in [2.05, 4.69) is 27.9 Å². The van der Waals surface area contributed by atoms with Gasteiger partial charge in [0.25, 0.3) is 0 Å². The van der Waals surface area contributed by atoms with Crippen LogP contribution in [-0.4, -0.2) is 50.2 Å². The van der Waals surface area contributed by atoms with Crippen LogP contribution in [0.3, 0.4) is 0 Å². The Hall–Kier alpha value is -1.40. The molecule has 4 bridgehead atoms. The highest BCUT2D eigenvalue weighted by Crippen LogP contribution is 2.59. The van der Waals surface area contributed by atoms with Crippen LogP contribution in [0.2, 0.25) is 0 Å². The number of amides is 2. The predicted octanol–water partition coefficient (Wildman–Crippen LogP) is 2.09. The van der Waals surface area contributed by atoms with Gasteiger partial charge in [0.1, 0.15) is 0 Å². The van der Waals surface area contributed by atoms with Gasteiger partial charge in [0.05, 0.1) is 12.2 Å². The average Bonchev–Trinajstić information content (AvgIpc) is 2.73. The van der Waals surface area contributed by atoms with Gasteiger partial charge >= 0.3 is 10.2 Å². The molecule has 4 saturated carbocycles. The van der Waals surface area contributed by atoms with Gasteiger partial charge in [-0.25, -0.2) is 0 Å². The number of primary amides is 1. The van der Waals surface area contributed by atoms with Gasteiger partial charge < -0.3 is 11.1 Å². The van der Waals surface area contributed by atoms with E-state index in [1.807, 2.05) is 25.1 Å². The maximum absolute atomic E-state index is 13.4. The molecule has 3 N–H and O–H groups in total. The van der Waals surface area contributed by atoms with Crippen LogP contribution in [0, 0.1) is 32.7 Å². The van der Waals surface area contributed by atoms with Crippen LogP contribution in [0.15, 0.2) is 24.3 Å². The number of carbonyl (C=O) groups excluding carboxylic acids is 2. The van der Waals surface area contributed by atoms with Crippen LogP contribution in [0.5, 0.6) is 0 Å². The summed E-state index contributed by atoms with van der Waals surface area (Å²) in [5.41, 5.74) is 6.01. The van der Waals surface area contributed by atoms with Crippen LogP contribution in [0.4, 0.5) is 5.69 Å². The Balaban J connectivity index is 1.30. The van der Waals surface area contributed by atoms with Crippen molar-refractivity contribution in [3.05, 3.63) is 27.8 Å². The summed E-state index contributed by atoms with van der Waals surface area (Å²) in [4.78, 5) is 25.3. The maximum Gasteiger partial charge on any atom is 0.304 e. The van der Waals surface area contributed by atoms with E-state index >= 15 is 0 Å². The number of carbonyl (C=O) groups is 2. The largest absolute Gasteiger partial charge is 0.369 e. The van der Waals surface area contributed by atoms with Crippen LogP contribution in [0.1, 0.15) is 39.0 Å². The molecule has 0 spiro atoms. The van der Waals surface area contributed by atoms with E-state index in [4.69, 9.17) is 5.73 Å². The molecule has 1 saturated heterocycles. The number of nitrogens with two attached hydrogens (primary N) is 1. The van der Waals surface area contributed by atoms with Crippen molar-refractivity contribution in [2.45, 2.75) is 45.1 Å². The number of nitrogens with one attached hydrogen (secondary N) is 1. The highest BCUT2D eigenvalue weighted by molar-refractivity contribution is 14.1. The zero-order valence-corrected chi connectivity index (χ0v) is 21.7. The molecule has 8 nitrogen and oxygen atoms in total. The molecule has 0 radical (unpaired) electrons. The topological polar surface area (TPSA) is 113 Å². The second kappa shape index (κ2) is 8.37. The number of hydrogen-bond acceptors (Lipinski definition) is 4. The van der Waals surface area contributed by atoms with Crippen molar-refractivity contribution >= 4 is 50.3 Å². The van der Waals surface area contributed by atoms with Gasteiger partial charge in [-0.3, -0.25) is 13.9 Å². The van der Waals surface area contributed by atoms with E-state index < -0.39 is 15.6 Å². The molecule has 3 atom stereocenters. The lowest BCUT2D eigenvalue weighted by Gasteiger charge is -2.58. The quantitative estimate of drug-likeness (QED) is 0.515. The molecule has 1 aromatic rings. The van der Waals surface area contributed by atoms with Crippen molar-refractivity contribution in [2.24, 2.45) is 34.8 Å². The lowest BCUT2D eigenvalue weighted by molar-refractivity contribution is -0.147. The molecule has 3 unspecified atom stereocenters. The molecule has 1 aromatic carbocycles. The molecule has 2 amide bonds. The fourth-order valence-corrected chi connectivity index (χ4v) is 9.69. The molecule has 1 aliphatic heterocycles. The molecule has 180 valence electrons. The van der Waals surface area contributed by atoms with Crippen molar-refractivity contribution in [2.75, 3.05) is 23.9 Å². The molecule has 1 heterocycles.